The van der Waals surface area contributed by atoms with Crippen molar-refractivity contribution in [3.8, 4) is 11.5 Å². The van der Waals surface area contributed by atoms with Crippen molar-refractivity contribution in [2.24, 2.45) is 5.92 Å². The van der Waals surface area contributed by atoms with Crippen LogP contribution in [0.15, 0.2) is 48.2 Å². The van der Waals surface area contributed by atoms with Crippen LogP contribution in [0.3, 0.4) is 0 Å². The number of carbonyl (C=O) groups excluding carboxylic acids is 2. The molecule has 0 bridgehead atoms. The van der Waals surface area contributed by atoms with E-state index in [1.165, 1.54) is 24.3 Å². The van der Waals surface area contributed by atoms with Gasteiger partial charge < -0.3 is 9.47 Å². The van der Waals surface area contributed by atoms with Crippen LogP contribution in [0.2, 0.25) is 0 Å². The first kappa shape index (κ1) is 14.6. The molecular weight excluding hydrogens is 311 g/mol. The number of esters is 1. The number of Topliss-reactive ketones (excluding diaryl/α,β-unsaturated/α-hetero) is 1. The number of carbonyl (C=O) groups is 2. The Morgan fingerprint density at radius 3 is 2.79 bits per heavy atom. The lowest BCUT2D eigenvalue weighted by atomic mass is 10.1. The van der Waals surface area contributed by atoms with Gasteiger partial charge in [0.05, 0.1) is 11.5 Å². The molecule has 0 amide bonds. The van der Waals surface area contributed by atoms with Crippen LogP contribution in [-0.2, 0) is 4.79 Å². The number of hydrogen-bond donors (Lipinski definition) is 0. The van der Waals surface area contributed by atoms with Crippen LogP contribution < -0.4 is 9.47 Å². The van der Waals surface area contributed by atoms with Crippen LogP contribution in [0.5, 0.6) is 11.5 Å². The average molecular weight is 324 g/mol. The third-order valence-electron chi connectivity index (χ3n) is 3.92. The highest BCUT2D eigenvalue weighted by Gasteiger charge is 2.32. The van der Waals surface area contributed by atoms with Gasteiger partial charge in [0.2, 0.25) is 5.78 Å². The summed E-state index contributed by atoms with van der Waals surface area (Å²) in [5.41, 5.74) is 0.926. The first-order chi connectivity index (χ1) is 11.6. The van der Waals surface area contributed by atoms with Gasteiger partial charge >= 0.3 is 5.97 Å². The largest absolute Gasteiger partial charge is 0.452 e. The smallest absolute Gasteiger partial charge is 0.314 e. The standard InChI is InChI=1S/C19H13FO4/c20-13-3-1-2-11(8-13)9-17-18(21)15-7-6-14(10-16(15)24-17)23-19(22)12-4-5-12/h1-3,6-10,12H,4-5H2. The topological polar surface area (TPSA) is 52.6 Å². The Morgan fingerprint density at radius 2 is 2.04 bits per heavy atom. The molecule has 120 valence electrons. The van der Waals surface area contributed by atoms with Gasteiger partial charge in [-0.3, -0.25) is 9.59 Å². The zero-order valence-corrected chi connectivity index (χ0v) is 12.6. The molecule has 2 aromatic carbocycles. The van der Waals surface area contributed by atoms with Crippen molar-refractivity contribution in [3.05, 3.63) is 65.2 Å². The maximum Gasteiger partial charge on any atom is 0.314 e. The second-order valence-corrected chi connectivity index (χ2v) is 5.85. The van der Waals surface area contributed by atoms with Gasteiger partial charge in [0.15, 0.2) is 5.76 Å². The maximum absolute atomic E-state index is 13.2. The molecule has 0 atom stereocenters. The lowest BCUT2D eigenvalue weighted by Crippen LogP contribution is -2.09. The van der Waals surface area contributed by atoms with E-state index in [-0.39, 0.29) is 29.2 Å². The van der Waals surface area contributed by atoms with E-state index in [0.29, 0.717) is 22.6 Å². The number of allylic oxidation sites excluding steroid dienone is 1. The molecule has 24 heavy (non-hydrogen) atoms. The molecule has 0 unspecified atom stereocenters. The van der Waals surface area contributed by atoms with Crippen LogP contribution in [0.25, 0.3) is 6.08 Å². The first-order valence-corrected chi connectivity index (χ1v) is 7.66. The minimum absolute atomic E-state index is 0.00996. The number of fused-ring (bicyclic) bond motifs is 1. The molecule has 1 aliphatic heterocycles. The number of hydrogen-bond acceptors (Lipinski definition) is 4. The molecule has 0 saturated heterocycles. The number of halogens is 1. The highest BCUT2D eigenvalue weighted by atomic mass is 19.1. The Bertz CT molecular complexity index is 881. The number of benzene rings is 2. The van der Waals surface area contributed by atoms with Crippen LogP contribution in [0.1, 0.15) is 28.8 Å². The molecule has 1 aliphatic carbocycles. The Morgan fingerprint density at radius 1 is 1.21 bits per heavy atom. The summed E-state index contributed by atoms with van der Waals surface area (Å²) in [6, 6.07) is 10.6. The van der Waals surface area contributed by atoms with Crippen molar-refractivity contribution < 1.29 is 23.5 Å². The van der Waals surface area contributed by atoms with Gasteiger partial charge in [-0.1, -0.05) is 12.1 Å². The van der Waals surface area contributed by atoms with Crippen LogP contribution in [-0.4, -0.2) is 11.8 Å². The second-order valence-electron chi connectivity index (χ2n) is 5.85. The third-order valence-corrected chi connectivity index (χ3v) is 3.92. The summed E-state index contributed by atoms with van der Waals surface area (Å²) < 4.78 is 24.1. The highest BCUT2D eigenvalue weighted by molar-refractivity contribution is 6.14. The summed E-state index contributed by atoms with van der Waals surface area (Å²) in [6.45, 7) is 0. The Kier molecular flexibility index (Phi) is 3.41. The van der Waals surface area contributed by atoms with Crippen LogP contribution in [0, 0.1) is 11.7 Å². The Balaban J connectivity index is 1.58. The molecule has 4 nitrogen and oxygen atoms in total. The van der Waals surface area contributed by atoms with Crippen molar-refractivity contribution in [3.63, 3.8) is 0 Å². The highest BCUT2D eigenvalue weighted by Crippen LogP contribution is 2.36. The van der Waals surface area contributed by atoms with Crippen molar-refractivity contribution in [2.75, 3.05) is 0 Å². The fourth-order valence-electron chi connectivity index (χ4n) is 2.50. The molecule has 1 saturated carbocycles. The quantitative estimate of drug-likeness (QED) is 0.490. The van der Waals surface area contributed by atoms with Gasteiger partial charge in [0.1, 0.15) is 17.3 Å². The van der Waals surface area contributed by atoms with E-state index < -0.39 is 0 Å². The van der Waals surface area contributed by atoms with Gasteiger partial charge in [-0.05, 0) is 48.7 Å². The molecule has 0 spiro atoms. The molecule has 0 radical (unpaired) electrons. The van der Waals surface area contributed by atoms with E-state index >= 15 is 0 Å². The zero-order valence-electron chi connectivity index (χ0n) is 12.6. The Labute approximate surface area is 137 Å². The van der Waals surface area contributed by atoms with E-state index in [4.69, 9.17) is 9.47 Å². The van der Waals surface area contributed by atoms with Crippen LogP contribution in [0.4, 0.5) is 4.39 Å². The van der Waals surface area contributed by atoms with Crippen molar-refractivity contribution in [1.29, 1.82) is 0 Å². The summed E-state index contributed by atoms with van der Waals surface area (Å²) in [7, 11) is 0. The fraction of sp³-hybridized carbons (Fsp3) is 0.158. The number of ketones is 1. The van der Waals surface area contributed by atoms with E-state index in [9.17, 15) is 14.0 Å². The summed E-state index contributed by atoms with van der Waals surface area (Å²) in [6.07, 6.45) is 3.21. The van der Waals surface area contributed by atoms with Crippen LogP contribution >= 0.6 is 0 Å². The maximum atomic E-state index is 13.2. The van der Waals surface area contributed by atoms with Gasteiger partial charge in [-0.2, -0.15) is 0 Å². The predicted molar refractivity (Wildman–Crippen MR) is 84.1 cm³/mol. The Hall–Kier alpha value is -2.95. The summed E-state index contributed by atoms with van der Waals surface area (Å²) in [5, 5.41) is 0. The van der Waals surface area contributed by atoms with Gasteiger partial charge in [0.25, 0.3) is 0 Å². The minimum Gasteiger partial charge on any atom is -0.452 e. The lowest BCUT2D eigenvalue weighted by molar-refractivity contribution is -0.135. The molecular formula is C19H13FO4. The van der Waals surface area contributed by atoms with E-state index in [0.717, 1.165) is 12.8 Å². The summed E-state index contributed by atoms with van der Waals surface area (Å²) in [4.78, 5) is 24.0. The molecule has 5 heteroatoms. The average Bonchev–Trinajstić information content (AvgIpc) is 3.35. The fourth-order valence-corrected chi connectivity index (χ4v) is 2.50. The summed E-state index contributed by atoms with van der Waals surface area (Å²) in [5.74, 6) is -0.134. The number of rotatable bonds is 3. The summed E-state index contributed by atoms with van der Waals surface area (Å²) >= 11 is 0. The first-order valence-electron chi connectivity index (χ1n) is 7.66. The van der Waals surface area contributed by atoms with Crippen molar-refractivity contribution >= 4 is 17.8 Å². The molecule has 4 rings (SSSR count). The monoisotopic (exact) mass is 324 g/mol. The molecule has 1 fully saturated rings. The molecule has 0 aromatic heterocycles. The van der Waals surface area contributed by atoms with Crippen molar-refractivity contribution in [1.82, 2.24) is 0 Å². The molecule has 2 aliphatic rings. The normalized spacial score (nSPS) is 17.5. The van der Waals surface area contributed by atoms with Gasteiger partial charge in [0, 0.05) is 6.07 Å². The third kappa shape index (κ3) is 2.80. The minimum atomic E-state index is -0.387. The predicted octanol–water partition coefficient (Wildman–Crippen LogP) is 3.76. The lowest BCUT2D eigenvalue weighted by Gasteiger charge is -2.04. The van der Waals surface area contributed by atoms with E-state index in [1.807, 2.05) is 0 Å². The molecule has 0 N–H and O–H groups in total. The van der Waals surface area contributed by atoms with Gasteiger partial charge in [-0.25, -0.2) is 4.39 Å². The van der Waals surface area contributed by atoms with E-state index in [2.05, 4.69) is 0 Å². The van der Waals surface area contributed by atoms with Crippen molar-refractivity contribution in [2.45, 2.75) is 12.8 Å². The zero-order chi connectivity index (χ0) is 16.7. The second kappa shape index (κ2) is 5.60. The SMILES string of the molecule is O=C1C(=Cc2cccc(F)c2)Oc2cc(OC(=O)C3CC3)ccc21. The number of ether oxygens (including phenoxy) is 2. The molecule has 1 heterocycles. The molecule has 2 aromatic rings. The van der Waals surface area contributed by atoms with Gasteiger partial charge in [-0.15, -0.1) is 0 Å². The van der Waals surface area contributed by atoms with E-state index in [1.54, 1.807) is 24.3 Å².